The molecule has 2 fully saturated rings. The molecule has 3 aromatic rings. The Labute approximate surface area is 221 Å². The number of aromatic amines is 1. The van der Waals surface area contributed by atoms with Crippen LogP contribution in [-0.2, 0) is 9.53 Å². The highest BCUT2D eigenvalue weighted by Gasteiger charge is 2.43. The van der Waals surface area contributed by atoms with E-state index < -0.39 is 23.8 Å². The normalized spacial score (nSPS) is 20.5. The van der Waals surface area contributed by atoms with Crippen molar-refractivity contribution in [3.05, 3.63) is 47.5 Å². The van der Waals surface area contributed by atoms with Crippen LogP contribution in [0.4, 0.5) is 10.5 Å². The average Bonchev–Trinajstić information content (AvgIpc) is 3.46. The van der Waals surface area contributed by atoms with Gasteiger partial charge in [0, 0.05) is 43.9 Å². The van der Waals surface area contributed by atoms with Crippen LogP contribution in [0.15, 0.2) is 42.5 Å². The van der Waals surface area contributed by atoms with E-state index in [1.807, 2.05) is 42.5 Å². The highest BCUT2D eigenvalue weighted by Crippen LogP contribution is 2.32. The molecule has 2 atom stereocenters. The number of aromatic nitrogens is 2. The van der Waals surface area contributed by atoms with Crippen LogP contribution in [0.3, 0.4) is 0 Å². The number of nitrogens with one attached hydrogen (secondary N) is 1. The lowest BCUT2D eigenvalue weighted by molar-refractivity contribution is -0.136. The van der Waals surface area contributed by atoms with E-state index in [-0.39, 0.29) is 18.9 Å². The number of amides is 2. The summed E-state index contributed by atoms with van der Waals surface area (Å²) in [6, 6.07) is 13.0. The van der Waals surface area contributed by atoms with Crippen molar-refractivity contribution in [1.29, 1.82) is 0 Å². The standard InChI is InChI=1S/C27H32ClN5O4/c1-27(2,3)37-26(36)33-16-18(34)15-23(33)25(35)32-12-10-31(11-13-32)17-8-9-20(28)19(14-17)24-29-21-6-4-5-7-22(21)30-24/h4-9,14,18,23,34H,10-13,15-16H2,1-3H3,(H,29,30)/t18-,23+/m1/s1. The minimum Gasteiger partial charge on any atom is -0.444 e. The Bertz CT molecular complexity index is 1280. The molecular weight excluding hydrogens is 494 g/mol. The van der Waals surface area contributed by atoms with Crippen LogP contribution < -0.4 is 4.90 Å². The lowest BCUT2D eigenvalue weighted by Gasteiger charge is -2.38. The molecule has 0 radical (unpaired) electrons. The van der Waals surface area contributed by atoms with E-state index in [1.54, 1.807) is 25.7 Å². The fourth-order valence-electron chi connectivity index (χ4n) is 4.94. The third-order valence-corrected chi connectivity index (χ3v) is 7.07. The summed E-state index contributed by atoms with van der Waals surface area (Å²) >= 11 is 6.53. The number of aliphatic hydroxyl groups is 1. The van der Waals surface area contributed by atoms with Gasteiger partial charge >= 0.3 is 6.09 Å². The number of carbonyl (C=O) groups is 2. The number of halogens is 1. The van der Waals surface area contributed by atoms with Crippen molar-refractivity contribution >= 4 is 40.3 Å². The summed E-state index contributed by atoms with van der Waals surface area (Å²) < 4.78 is 5.47. The second-order valence-corrected chi connectivity index (χ2v) is 11.0. The number of nitrogens with zero attached hydrogens (tertiary/aromatic N) is 4. The van der Waals surface area contributed by atoms with E-state index in [1.165, 1.54) is 4.90 Å². The molecule has 37 heavy (non-hydrogen) atoms. The monoisotopic (exact) mass is 525 g/mol. The Morgan fingerprint density at radius 2 is 1.84 bits per heavy atom. The molecule has 1 aromatic heterocycles. The number of hydrogen-bond acceptors (Lipinski definition) is 6. The van der Waals surface area contributed by atoms with E-state index in [2.05, 4.69) is 14.9 Å². The van der Waals surface area contributed by atoms with Crippen LogP contribution in [-0.4, -0.2) is 87.3 Å². The summed E-state index contributed by atoms with van der Waals surface area (Å²) in [7, 11) is 0. The maximum atomic E-state index is 13.4. The van der Waals surface area contributed by atoms with Crippen molar-refractivity contribution in [1.82, 2.24) is 19.8 Å². The predicted octanol–water partition coefficient (Wildman–Crippen LogP) is 3.90. The summed E-state index contributed by atoms with van der Waals surface area (Å²) in [6.45, 7) is 7.73. The van der Waals surface area contributed by atoms with Gasteiger partial charge in [0.25, 0.3) is 0 Å². The third-order valence-electron chi connectivity index (χ3n) is 6.74. The Kier molecular flexibility index (Phi) is 6.76. The van der Waals surface area contributed by atoms with Crippen molar-refractivity contribution in [2.75, 3.05) is 37.6 Å². The molecule has 3 heterocycles. The zero-order valence-electron chi connectivity index (χ0n) is 21.3. The van der Waals surface area contributed by atoms with E-state index in [0.29, 0.717) is 37.0 Å². The van der Waals surface area contributed by atoms with E-state index in [9.17, 15) is 14.7 Å². The van der Waals surface area contributed by atoms with Gasteiger partial charge in [-0.1, -0.05) is 23.7 Å². The summed E-state index contributed by atoms with van der Waals surface area (Å²) in [5.74, 6) is 0.560. The molecule has 10 heteroatoms. The van der Waals surface area contributed by atoms with E-state index >= 15 is 0 Å². The van der Waals surface area contributed by atoms with Gasteiger partial charge in [-0.3, -0.25) is 9.69 Å². The van der Waals surface area contributed by atoms with E-state index in [4.69, 9.17) is 16.3 Å². The summed E-state index contributed by atoms with van der Waals surface area (Å²) in [6.07, 6.45) is -1.09. The molecular formula is C27H32ClN5O4. The van der Waals surface area contributed by atoms with Crippen molar-refractivity contribution in [2.45, 2.75) is 44.9 Å². The molecule has 0 saturated carbocycles. The first kappa shape index (κ1) is 25.4. The Morgan fingerprint density at radius 3 is 2.54 bits per heavy atom. The number of imidazole rings is 1. The predicted molar refractivity (Wildman–Crippen MR) is 143 cm³/mol. The minimum absolute atomic E-state index is 0.0978. The molecule has 0 spiro atoms. The largest absolute Gasteiger partial charge is 0.444 e. The molecule has 2 saturated heterocycles. The molecule has 2 aliphatic heterocycles. The third kappa shape index (κ3) is 5.38. The van der Waals surface area contributed by atoms with Crippen LogP contribution >= 0.6 is 11.6 Å². The number of likely N-dealkylation sites (tertiary alicyclic amines) is 1. The summed E-state index contributed by atoms with van der Waals surface area (Å²) in [4.78, 5) is 39.4. The van der Waals surface area contributed by atoms with Crippen molar-refractivity contribution in [3.63, 3.8) is 0 Å². The molecule has 0 aliphatic carbocycles. The number of para-hydroxylation sites is 2. The first-order chi connectivity index (χ1) is 17.6. The molecule has 196 valence electrons. The number of rotatable bonds is 3. The average molecular weight is 526 g/mol. The second kappa shape index (κ2) is 9.87. The smallest absolute Gasteiger partial charge is 0.411 e. The summed E-state index contributed by atoms with van der Waals surface area (Å²) in [5.41, 5.74) is 2.97. The molecule has 9 nitrogen and oxygen atoms in total. The first-order valence-electron chi connectivity index (χ1n) is 12.5. The molecule has 2 aromatic carbocycles. The van der Waals surface area contributed by atoms with Crippen molar-refractivity contribution in [2.24, 2.45) is 0 Å². The fraction of sp³-hybridized carbons (Fsp3) is 0.444. The van der Waals surface area contributed by atoms with Gasteiger partial charge in [0.15, 0.2) is 0 Å². The number of β-amino-alcohol motifs (C(OH)–C–C–N with tert-alkyl or cyclic N) is 1. The zero-order valence-corrected chi connectivity index (χ0v) is 22.0. The van der Waals surface area contributed by atoms with Crippen molar-refractivity contribution < 1.29 is 19.4 Å². The SMILES string of the molecule is CC(C)(C)OC(=O)N1C[C@H](O)C[C@H]1C(=O)N1CCN(c2ccc(Cl)c(-c3nc4ccccc4[nH]3)c2)CC1. The number of ether oxygens (including phenoxy) is 1. The molecule has 5 rings (SSSR count). The Balaban J connectivity index is 1.27. The minimum atomic E-state index is -0.742. The second-order valence-electron chi connectivity index (χ2n) is 10.6. The Hall–Kier alpha value is -3.30. The van der Waals surface area contributed by atoms with Gasteiger partial charge < -0.3 is 24.6 Å². The highest BCUT2D eigenvalue weighted by molar-refractivity contribution is 6.33. The highest BCUT2D eigenvalue weighted by atomic mass is 35.5. The molecule has 0 bridgehead atoms. The van der Waals surface area contributed by atoms with Crippen LogP contribution in [0, 0.1) is 0 Å². The van der Waals surface area contributed by atoms with Gasteiger partial charge in [-0.25, -0.2) is 9.78 Å². The van der Waals surface area contributed by atoms with Gasteiger partial charge in [-0.05, 0) is 51.1 Å². The van der Waals surface area contributed by atoms with Gasteiger partial charge in [-0.2, -0.15) is 0 Å². The van der Waals surface area contributed by atoms with Gasteiger partial charge in [0.05, 0.1) is 28.7 Å². The lowest BCUT2D eigenvalue weighted by Crippen LogP contribution is -2.54. The number of H-pyrrole nitrogens is 1. The number of hydrogen-bond donors (Lipinski definition) is 2. The van der Waals surface area contributed by atoms with Crippen LogP contribution in [0.1, 0.15) is 27.2 Å². The van der Waals surface area contributed by atoms with Crippen molar-refractivity contribution in [3.8, 4) is 11.4 Å². The van der Waals surface area contributed by atoms with E-state index in [0.717, 1.165) is 22.3 Å². The number of fused-ring (bicyclic) bond motifs is 1. The first-order valence-corrected chi connectivity index (χ1v) is 12.9. The molecule has 0 unspecified atom stereocenters. The topological polar surface area (TPSA) is 102 Å². The maximum Gasteiger partial charge on any atom is 0.411 e. The molecule has 2 aliphatic rings. The number of aliphatic hydroxyl groups excluding tert-OH is 1. The number of piperazine rings is 1. The quantitative estimate of drug-likeness (QED) is 0.537. The maximum absolute atomic E-state index is 13.4. The number of benzene rings is 2. The van der Waals surface area contributed by atoms with Gasteiger partial charge in [0.1, 0.15) is 17.5 Å². The fourth-order valence-corrected chi connectivity index (χ4v) is 5.14. The molecule has 2 amide bonds. The Morgan fingerprint density at radius 1 is 1.11 bits per heavy atom. The summed E-state index contributed by atoms with van der Waals surface area (Å²) in [5, 5.41) is 10.8. The van der Waals surface area contributed by atoms with Gasteiger partial charge in [0.2, 0.25) is 5.91 Å². The molecule has 2 N–H and O–H groups in total. The van der Waals surface area contributed by atoms with Gasteiger partial charge in [-0.15, -0.1) is 0 Å². The lowest BCUT2D eigenvalue weighted by atomic mass is 10.1. The number of anilines is 1. The van der Waals surface area contributed by atoms with Crippen LogP contribution in [0.2, 0.25) is 5.02 Å². The van der Waals surface area contributed by atoms with Crippen LogP contribution in [0.5, 0.6) is 0 Å². The number of carbonyl (C=O) groups excluding carboxylic acids is 2. The zero-order chi connectivity index (χ0) is 26.3. The van der Waals surface area contributed by atoms with Crippen LogP contribution in [0.25, 0.3) is 22.4 Å².